The zero-order valence-corrected chi connectivity index (χ0v) is 6.96. The van der Waals surface area contributed by atoms with Crippen LogP contribution in [0.4, 0.5) is 0 Å². The molecule has 1 aliphatic heterocycles. The molecule has 1 aliphatic rings. The zero-order valence-electron chi connectivity index (χ0n) is 6.96. The summed E-state index contributed by atoms with van der Waals surface area (Å²) in [4.78, 5) is 0. The van der Waals surface area contributed by atoms with E-state index in [0.717, 1.165) is 12.7 Å². The first-order valence-electron chi connectivity index (χ1n) is 4.03. The SMILES string of the molecule is CCB1OC(C)CC(C)O1. The Morgan fingerprint density at radius 2 is 1.80 bits per heavy atom. The van der Waals surface area contributed by atoms with Crippen LogP contribution in [0.2, 0.25) is 6.32 Å². The second-order valence-electron chi connectivity index (χ2n) is 2.97. The van der Waals surface area contributed by atoms with Crippen LogP contribution in [0, 0.1) is 0 Å². The van der Waals surface area contributed by atoms with E-state index >= 15 is 0 Å². The van der Waals surface area contributed by atoms with E-state index in [2.05, 4.69) is 20.8 Å². The quantitative estimate of drug-likeness (QED) is 0.518. The van der Waals surface area contributed by atoms with Crippen LogP contribution in [0.5, 0.6) is 0 Å². The molecule has 0 saturated carbocycles. The van der Waals surface area contributed by atoms with Crippen molar-refractivity contribution in [3.8, 4) is 0 Å². The van der Waals surface area contributed by atoms with Crippen LogP contribution in [-0.2, 0) is 9.31 Å². The summed E-state index contributed by atoms with van der Waals surface area (Å²) in [6.45, 7) is 6.28. The largest absolute Gasteiger partial charge is 0.456 e. The van der Waals surface area contributed by atoms with Crippen molar-refractivity contribution in [2.45, 2.75) is 45.7 Å². The molecular weight excluding hydrogens is 127 g/mol. The first kappa shape index (κ1) is 8.09. The minimum absolute atomic E-state index is 0.0405. The van der Waals surface area contributed by atoms with Gasteiger partial charge in [0.25, 0.3) is 0 Å². The van der Waals surface area contributed by atoms with Crippen molar-refractivity contribution >= 4 is 7.12 Å². The second kappa shape index (κ2) is 3.40. The Kier molecular flexibility index (Phi) is 2.75. The fraction of sp³-hybridized carbons (Fsp3) is 1.00. The van der Waals surface area contributed by atoms with Crippen LogP contribution < -0.4 is 0 Å². The summed E-state index contributed by atoms with van der Waals surface area (Å²) in [5.74, 6) is 0. The summed E-state index contributed by atoms with van der Waals surface area (Å²) in [6.07, 6.45) is 2.72. The molecule has 1 saturated heterocycles. The molecule has 58 valence electrons. The van der Waals surface area contributed by atoms with Crippen molar-refractivity contribution in [3.63, 3.8) is 0 Å². The molecule has 2 nitrogen and oxygen atoms in total. The van der Waals surface area contributed by atoms with E-state index in [0.29, 0.717) is 12.2 Å². The third kappa shape index (κ3) is 1.99. The molecular formula is C7H15BO2. The smallest absolute Gasteiger partial charge is 0.409 e. The van der Waals surface area contributed by atoms with Gasteiger partial charge >= 0.3 is 7.12 Å². The third-order valence-electron chi connectivity index (χ3n) is 1.77. The van der Waals surface area contributed by atoms with Gasteiger partial charge in [0, 0.05) is 12.2 Å². The van der Waals surface area contributed by atoms with Crippen molar-refractivity contribution in [1.82, 2.24) is 0 Å². The van der Waals surface area contributed by atoms with E-state index in [9.17, 15) is 0 Å². The van der Waals surface area contributed by atoms with Gasteiger partial charge in [0.1, 0.15) is 0 Å². The molecule has 0 aliphatic carbocycles. The monoisotopic (exact) mass is 142 g/mol. The number of hydrogen-bond donors (Lipinski definition) is 0. The molecule has 3 heteroatoms. The fourth-order valence-electron chi connectivity index (χ4n) is 1.32. The minimum atomic E-state index is 0.0405. The first-order valence-corrected chi connectivity index (χ1v) is 4.03. The summed E-state index contributed by atoms with van der Waals surface area (Å²) in [7, 11) is 0.0405. The van der Waals surface area contributed by atoms with Crippen LogP contribution in [-0.4, -0.2) is 19.3 Å². The first-order chi connectivity index (χ1) is 4.72. The Morgan fingerprint density at radius 1 is 1.30 bits per heavy atom. The normalized spacial score (nSPS) is 34.5. The van der Waals surface area contributed by atoms with Crippen molar-refractivity contribution < 1.29 is 9.31 Å². The lowest BCUT2D eigenvalue weighted by Crippen LogP contribution is -2.38. The molecule has 0 N–H and O–H groups in total. The lowest BCUT2D eigenvalue weighted by atomic mass is 9.83. The predicted molar refractivity (Wildman–Crippen MR) is 41.9 cm³/mol. The molecule has 0 spiro atoms. The summed E-state index contributed by atoms with van der Waals surface area (Å²) in [5, 5.41) is 0. The maximum absolute atomic E-state index is 5.48. The molecule has 1 rings (SSSR count). The molecule has 10 heavy (non-hydrogen) atoms. The highest BCUT2D eigenvalue weighted by Crippen LogP contribution is 2.16. The molecule has 1 heterocycles. The van der Waals surface area contributed by atoms with Gasteiger partial charge in [0.2, 0.25) is 0 Å². The van der Waals surface area contributed by atoms with Gasteiger partial charge in [-0.3, -0.25) is 0 Å². The lowest BCUT2D eigenvalue weighted by Gasteiger charge is -2.29. The van der Waals surface area contributed by atoms with E-state index in [4.69, 9.17) is 9.31 Å². The molecule has 0 aromatic carbocycles. The number of rotatable bonds is 1. The molecule has 0 amide bonds. The standard InChI is InChI=1S/C7H15BO2/c1-4-8-9-6(2)5-7(3)10-8/h6-7H,4-5H2,1-3H3. The minimum Gasteiger partial charge on any atom is -0.409 e. The van der Waals surface area contributed by atoms with Gasteiger partial charge in [-0.05, 0) is 26.6 Å². The maximum Gasteiger partial charge on any atom is 0.456 e. The van der Waals surface area contributed by atoms with Gasteiger partial charge in [0.05, 0.1) is 0 Å². The summed E-state index contributed by atoms with van der Waals surface area (Å²) < 4.78 is 11.0. The van der Waals surface area contributed by atoms with Gasteiger partial charge in [-0.15, -0.1) is 0 Å². The van der Waals surface area contributed by atoms with Gasteiger partial charge < -0.3 is 9.31 Å². The van der Waals surface area contributed by atoms with E-state index in [-0.39, 0.29) is 7.12 Å². The van der Waals surface area contributed by atoms with Crippen molar-refractivity contribution in [3.05, 3.63) is 0 Å². The maximum atomic E-state index is 5.48. The Morgan fingerprint density at radius 3 is 2.20 bits per heavy atom. The third-order valence-corrected chi connectivity index (χ3v) is 1.77. The zero-order chi connectivity index (χ0) is 7.56. The average Bonchev–Trinajstić information content (AvgIpc) is 1.85. The Hall–Kier alpha value is -0.0151. The van der Waals surface area contributed by atoms with Crippen molar-refractivity contribution in [2.24, 2.45) is 0 Å². The molecule has 0 bridgehead atoms. The summed E-state index contributed by atoms with van der Waals surface area (Å²) in [5.41, 5.74) is 0. The van der Waals surface area contributed by atoms with E-state index < -0.39 is 0 Å². The predicted octanol–water partition coefficient (Wildman–Crippen LogP) is 1.71. The Balaban J connectivity index is 2.35. The molecule has 2 atom stereocenters. The van der Waals surface area contributed by atoms with E-state index in [1.807, 2.05) is 0 Å². The van der Waals surface area contributed by atoms with Crippen molar-refractivity contribution in [1.29, 1.82) is 0 Å². The molecule has 0 radical (unpaired) electrons. The van der Waals surface area contributed by atoms with E-state index in [1.165, 1.54) is 0 Å². The molecule has 0 aromatic heterocycles. The highest BCUT2D eigenvalue weighted by atomic mass is 16.6. The van der Waals surface area contributed by atoms with Crippen LogP contribution in [0.3, 0.4) is 0 Å². The molecule has 2 unspecified atom stereocenters. The van der Waals surface area contributed by atoms with Crippen LogP contribution in [0.1, 0.15) is 27.2 Å². The summed E-state index contributed by atoms with van der Waals surface area (Å²) >= 11 is 0. The number of hydrogen-bond acceptors (Lipinski definition) is 2. The Bertz CT molecular complexity index is 97.8. The highest BCUT2D eigenvalue weighted by Gasteiger charge is 2.27. The topological polar surface area (TPSA) is 18.5 Å². The van der Waals surface area contributed by atoms with E-state index in [1.54, 1.807) is 0 Å². The molecule has 0 aromatic rings. The summed E-state index contributed by atoms with van der Waals surface area (Å²) in [6, 6.07) is 0. The second-order valence-corrected chi connectivity index (χ2v) is 2.97. The van der Waals surface area contributed by atoms with Crippen LogP contribution in [0.25, 0.3) is 0 Å². The van der Waals surface area contributed by atoms with Crippen molar-refractivity contribution in [2.75, 3.05) is 0 Å². The average molecular weight is 142 g/mol. The van der Waals surface area contributed by atoms with Crippen LogP contribution >= 0.6 is 0 Å². The van der Waals surface area contributed by atoms with Gasteiger partial charge in [-0.2, -0.15) is 0 Å². The lowest BCUT2D eigenvalue weighted by molar-refractivity contribution is 0.0339. The Labute approximate surface area is 63.0 Å². The highest BCUT2D eigenvalue weighted by molar-refractivity contribution is 6.44. The van der Waals surface area contributed by atoms with Crippen LogP contribution in [0.15, 0.2) is 0 Å². The van der Waals surface area contributed by atoms with Gasteiger partial charge in [-0.1, -0.05) is 6.92 Å². The molecule has 1 fully saturated rings. The van der Waals surface area contributed by atoms with Gasteiger partial charge in [0.15, 0.2) is 0 Å². The van der Waals surface area contributed by atoms with Gasteiger partial charge in [-0.25, -0.2) is 0 Å². The fourth-order valence-corrected chi connectivity index (χ4v) is 1.32.